The van der Waals surface area contributed by atoms with Gasteiger partial charge in [0.1, 0.15) is 5.82 Å². The van der Waals surface area contributed by atoms with Crippen molar-refractivity contribution in [1.82, 2.24) is 24.6 Å². The van der Waals surface area contributed by atoms with Gasteiger partial charge in [-0.05, 0) is 56.6 Å². The van der Waals surface area contributed by atoms with E-state index in [0.29, 0.717) is 24.1 Å². The van der Waals surface area contributed by atoms with Crippen LogP contribution in [-0.2, 0) is 6.54 Å². The maximum atomic E-state index is 6.03. The quantitative estimate of drug-likeness (QED) is 0.417. The molecule has 0 saturated carbocycles. The van der Waals surface area contributed by atoms with E-state index in [1.165, 1.54) is 25.9 Å². The minimum absolute atomic E-state index is 0.513. The van der Waals surface area contributed by atoms with Gasteiger partial charge in [-0.25, -0.2) is 4.98 Å². The first-order valence-electron chi connectivity index (χ1n) is 11.1. The Morgan fingerprint density at radius 1 is 1.06 bits per heavy atom. The zero-order valence-corrected chi connectivity index (χ0v) is 18.5. The first-order valence-corrected chi connectivity index (χ1v) is 11.1. The summed E-state index contributed by atoms with van der Waals surface area (Å²) < 4.78 is 13.4. The summed E-state index contributed by atoms with van der Waals surface area (Å²) in [6.07, 6.45) is 9.05. The summed E-state index contributed by atoms with van der Waals surface area (Å²) in [6.45, 7) is 5.63. The van der Waals surface area contributed by atoms with Gasteiger partial charge in [-0.15, -0.1) is 0 Å². The molecule has 0 atom stereocenters. The number of hydrogen-bond donors (Lipinski definition) is 2. The summed E-state index contributed by atoms with van der Waals surface area (Å²) in [4.78, 5) is 11.4. The average Bonchev–Trinajstić information content (AvgIpc) is 3.52. The van der Waals surface area contributed by atoms with Gasteiger partial charge in [-0.3, -0.25) is 4.68 Å². The van der Waals surface area contributed by atoms with Gasteiger partial charge in [0.2, 0.25) is 5.95 Å². The lowest BCUT2D eigenvalue weighted by Crippen LogP contribution is -2.21. The number of nitrogens with one attached hydrogen (secondary N) is 2. The highest BCUT2D eigenvalue weighted by Crippen LogP contribution is 2.31. The SMILES string of the molecule is COc1ccc(Nc2nccc(NCCn3cccn3)n2)cc1OCCCN1CCCC1. The lowest BCUT2D eigenvalue weighted by Gasteiger charge is -2.16. The van der Waals surface area contributed by atoms with E-state index in [1.807, 2.05) is 41.2 Å². The van der Waals surface area contributed by atoms with Crippen LogP contribution in [-0.4, -0.2) is 64.5 Å². The summed E-state index contributed by atoms with van der Waals surface area (Å²) in [5.74, 6) is 2.69. The summed E-state index contributed by atoms with van der Waals surface area (Å²) >= 11 is 0. The molecule has 1 aromatic carbocycles. The monoisotopic (exact) mass is 437 g/mol. The number of methoxy groups -OCH3 is 1. The van der Waals surface area contributed by atoms with Crippen LogP contribution in [0.1, 0.15) is 19.3 Å². The molecule has 32 heavy (non-hydrogen) atoms. The molecular formula is C23H31N7O2. The number of ether oxygens (including phenoxy) is 2. The Bertz CT molecular complexity index is 959. The van der Waals surface area contributed by atoms with Gasteiger partial charge in [-0.2, -0.15) is 10.1 Å². The van der Waals surface area contributed by atoms with Gasteiger partial charge >= 0.3 is 0 Å². The molecule has 1 aliphatic heterocycles. The molecule has 0 unspecified atom stereocenters. The molecule has 3 heterocycles. The van der Waals surface area contributed by atoms with E-state index in [0.717, 1.165) is 37.6 Å². The number of likely N-dealkylation sites (tertiary alicyclic amines) is 1. The Morgan fingerprint density at radius 2 is 1.97 bits per heavy atom. The third-order valence-electron chi connectivity index (χ3n) is 5.36. The molecule has 2 N–H and O–H groups in total. The molecule has 9 nitrogen and oxygen atoms in total. The van der Waals surface area contributed by atoms with E-state index >= 15 is 0 Å². The number of aromatic nitrogens is 4. The fourth-order valence-corrected chi connectivity index (χ4v) is 3.72. The van der Waals surface area contributed by atoms with Crippen molar-refractivity contribution in [2.24, 2.45) is 0 Å². The Labute approximate surface area is 188 Å². The van der Waals surface area contributed by atoms with Crippen molar-refractivity contribution >= 4 is 17.5 Å². The Morgan fingerprint density at radius 3 is 2.78 bits per heavy atom. The van der Waals surface area contributed by atoms with Crippen molar-refractivity contribution in [2.75, 3.05) is 50.5 Å². The van der Waals surface area contributed by atoms with Gasteiger partial charge in [-0.1, -0.05) is 0 Å². The minimum Gasteiger partial charge on any atom is -0.493 e. The summed E-state index contributed by atoms with van der Waals surface area (Å²) in [5, 5.41) is 10.7. The van der Waals surface area contributed by atoms with Crippen molar-refractivity contribution in [1.29, 1.82) is 0 Å². The normalized spacial score (nSPS) is 13.8. The molecule has 4 rings (SSSR count). The topological polar surface area (TPSA) is 89.4 Å². The maximum Gasteiger partial charge on any atom is 0.229 e. The van der Waals surface area contributed by atoms with Gasteiger partial charge in [0.25, 0.3) is 0 Å². The zero-order valence-electron chi connectivity index (χ0n) is 18.5. The van der Waals surface area contributed by atoms with E-state index in [4.69, 9.17) is 9.47 Å². The van der Waals surface area contributed by atoms with E-state index in [9.17, 15) is 0 Å². The maximum absolute atomic E-state index is 6.03. The molecule has 3 aromatic rings. The molecule has 1 aliphatic rings. The summed E-state index contributed by atoms with van der Waals surface area (Å²) in [6, 6.07) is 9.50. The fourth-order valence-electron chi connectivity index (χ4n) is 3.72. The zero-order chi connectivity index (χ0) is 22.0. The molecule has 0 aliphatic carbocycles. The van der Waals surface area contributed by atoms with Crippen LogP contribution in [0, 0.1) is 0 Å². The highest BCUT2D eigenvalue weighted by molar-refractivity contribution is 5.60. The Kier molecular flexibility index (Phi) is 7.75. The Hall–Kier alpha value is -3.33. The third kappa shape index (κ3) is 6.34. The smallest absolute Gasteiger partial charge is 0.229 e. The summed E-state index contributed by atoms with van der Waals surface area (Å²) in [7, 11) is 1.65. The second-order valence-electron chi connectivity index (χ2n) is 7.70. The highest BCUT2D eigenvalue weighted by Gasteiger charge is 2.11. The van der Waals surface area contributed by atoms with Crippen LogP contribution in [0.3, 0.4) is 0 Å². The van der Waals surface area contributed by atoms with Crippen LogP contribution in [0.2, 0.25) is 0 Å². The first-order chi connectivity index (χ1) is 15.8. The van der Waals surface area contributed by atoms with Crippen LogP contribution in [0.25, 0.3) is 0 Å². The second-order valence-corrected chi connectivity index (χ2v) is 7.70. The second kappa shape index (κ2) is 11.3. The largest absolute Gasteiger partial charge is 0.493 e. The highest BCUT2D eigenvalue weighted by atomic mass is 16.5. The molecular weight excluding hydrogens is 406 g/mol. The lowest BCUT2D eigenvalue weighted by molar-refractivity contribution is 0.254. The van der Waals surface area contributed by atoms with Crippen LogP contribution in [0.4, 0.5) is 17.5 Å². The van der Waals surface area contributed by atoms with Gasteiger partial charge < -0.3 is 25.0 Å². The number of nitrogens with zero attached hydrogens (tertiary/aromatic N) is 5. The lowest BCUT2D eigenvalue weighted by atomic mass is 10.2. The van der Waals surface area contributed by atoms with E-state index in [-0.39, 0.29) is 0 Å². The molecule has 1 fully saturated rings. The van der Waals surface area contributed by atoms with Crippen molar-refractivity contribution in [3.05, 3.63) is 48.9 Å². The molecule has 0 bridgehead atoms. The van der Waals surface area contributed by atoms with Crippen LogP contribution in [0.5, 0.6) is 11.5 Å². The van der Waals surface area contributed by atoms with Crippen LogP contribution < -0.4 is 20.1 Å². The molecule has 9 heteroatoms. The van der Waals surface area contributed by atoms with Gasteiger partial charge in [0.05, 0.1) is 20.3 Å². The van der Waals surface area contributed by atoms with E-state index in [1.54, 1.807) is 19.5 Å². The molecule has 0 amide bonds. The van der Waals surface area contributed by atoms with E-state index < -0.39 is 0 Å². The Balaban J connectivity index is 1.31. The number of anilines is 3. The number of hydrogen-bond acceptors (Lipinski definition) is 8. The third-order valence-corrected chi connectivity index (χ3v) is 5.36. The number of benzene rings is 1. The molecule has 1 saturated heterocycles. The van der Waals surface area contributed by atoms with Crippen LogP contribution in [0.15, 0.2) is 48.9 Å². The standard InChI is InChI=1S/C23H31N7O2/c1-31-20-7-6-19(18-21(20)32-17-5-14-29-12-2-3-13-29)27-23-25-10-8-22(28-23)24-11-16-30-15-4-9-26-30/h4,6-10,15,18H,2-3,5,11-14,16-17H2,1H3,(H2,24,25,27,28). The van der Waals surface area contributed by atoms with Crippen molar-refractivity contribution in [3.8, 4) is 11.5 Å². The predicted octanol–water partition coefficient (Wildman–Crippen LogP) is 3.40. The van der Waals surface area contributed by atoms with Gasteiger partial charge in [0, 0.05) is 43.4 Å². The van der Waals surface area contributed by atoms with Crippen molar-refractivity contribution in [2.45, 2.75) is 25.8 Å². The van der Waals surface area contributed by atoms with E-state index in [2.05, 4.69) is 30.6 Å². The average molecular weight is 438 g/mol. The first kappa shape index (κ1) is 21.9. The van der Waals surface area contributed by atoms with Gasteiger partial charge in [0.15, 0.2) is 11.5 Å². The minimum atomic E-state index is 0.513. The number of rotatable bonds is 12. The molecule has 2 aromatic heterocycles. The molecule has 0 radical (unpaired) electrons. The fraction of sp³-hybridized carbons (Fsp3) is 0.435. The van der Waals surface area contributed by atoms with Crippen molar-refractivity contribution < 1.29 is 9.47 Å². The molecule has 170 valence electrons. The van der Waals surface area contributed by atoms with Crippen molar-refractivity contribution in [3.63, 3.8) is 0 Å². The molecule has 0 spiro atoms. The van der Waals surface area contributed by atoms with Crippen LogP contribution >= 0.6 is 0 Å². The predicted molar refractivity (Wildman–Crippen MR) is 125 cm³/mol. The summed E-state index contributed by atoms with van der Waals surface area (Å²) in [5.41, 5.74) is 0.842.